The number of nitrogens with two attached hydrogens (primary N) is 2. The van der Waals surface area contributed by atoms with Gasteiger partial charge in [-0.3, -0.25) is 14.9 Å². The fraction of sp³-hybridized carbons (Fsp3) is 0.625. The van der Waals surface area contributed by atoms with E-state index in [1.165, 1.54) is 6.08 Å². The highest BCUT2D eigenvalue weighted by atomic mass is 16.6. The fourth-order valence-corrected chi connectivity index (χ4v) is 0.805. The molecule has 0 radical (unpaired) electrons. The smallest absolute Gasteiger partial charge is 0.211 e. The van der Waals surface area contributed by atoms with Crippen LogP contribution in [0.2, 0.25) is 0 Å². The normalized spacial score (nSPS) is 13.7. The van der Waals surface area contributed by atoms with E-state index in [2.05, 4.69) is 0 Å². The predicted molar refractivity (Wildman–Crippen MR) is 52.0 cm³/mol. The second-order valence-electron chi connectivity index (χ2n) is 3.06. The molecular weight excluding hydrogens is 186 g/mol. The van der Waals surface area contributed by atoms with Crippen molar-refractivity contribution < 1.29 is 9.72 Å². The van der Waals surface area contributed by atoms with Crippen molar-refractivity contribution >= 4 is 5.78 Å². The van der Waals surface area contributed by atoms with Gasteiger partial charge in [-0.1, -0.05) is 13.0 Å². The van der Waals surface area contributed by atoms with E-state index in [1.807, 2.05) is 6.92 Å². The lowest BCUT2D eigenvalue weighted by Crippen LogP contribution is -2.18. The molecule has 0 spiro atoms. The number of nitrogens with zero attached hydrogens (tertiary/aromatic N) is 1. The molecule has 0 amide bonds. The van der Waals surface area contributed by atoms with Crippen molar-refractivity contribution in [3.63, 3.8) is 0 Å². The summed E-state index contributed by atoms with van der Waals surface area (Å²) in [6, 6.07) is 0. The molecule has 4 N–H and O–H groups in total. The zero-order chi connectivity index (χ0) is 11.1. The zero-order valence-corrected chi connectivity index (χ0v) is 8.10. The van der Waals surface area contributed by atoms with Crippen LogP contribution in [0, 0.1) is 16.0 Å². The number of Topliss-reactive ketones (excluding diaryl/α,β-unsaturated/α-hetero) is 1. The Bertz CT molecular complexity index is 250. The number of nitro groups is 1. The Morgan fingerprint density at radius 2 is 2.21 bits per heavy atom. The summed E-state index contributed by atoms with van der Waals surface area (Å²) in [7, 11) is 0. The summed E-state index contributed by atoms with van der Waals surface area (Å²) in [4.78, 5) is 20.6. The number of hydrogen-bond acceptors (Lipinski definition) is 5. The van der Waals surface area contributed by atoms with Crippen LogP contribution in [-0.4, -0.2) is 23.8 Å². The summed E-state index contributed by atoms with van der Waals surface area (Å²) in [5, 5.41) is 9.98. The molecule has 0 rings (SSSR count). The first-order valence-corrected chi connectivity index (χ1v) is 4.29. The number of rotatable bonds is 6. The number of hydrogen-bond donors (Lipinski definition) is 2. The maximum atomic E-state index is 11.2. The molecule has 0 bridgehead atoms. The lowest BCUT2D eigenvalue weighted by Gasteiger charge is -2.03. The molecule has 0 aliphatic heterocycles. The SMILES string of the molecule is C[C@H](/C=C(\N)C(=O)CC[N+](=O)[O-])CN. The minimum absolute atomic E-state index is 0.00885. The Morgan fingerprint density at radius 3 is 2.64 bits per heavy atom. The van der Waals surface area contributed by atoms with E-state index in [9.17, 15) is 14.9 Å². The standard InChI is InChI=1S/C8H15N3O3/c1-6(5-9)4-7(10)8(12)2-3-11(13)14/h4,6H,2-3,5,9-10H2,1H3/b7-4-/t6-/m1/s1. The van der Waals surface area contributed by atoms with E-state index in [-0.39, 0.29) is 24.6 Å². The Hall–Kier alpha value is -1.43. The maximum absolute atomic E-state index is 11.2. The summed E-state index contributed by atoms with van der Waals surface area (Å²) < 4.78 is 0. The zero-order valence-electron chi connectivity index (χ0n) is 8.10. The molecule has 6 nitrogen and oxygen atoms in total. The predicted octanol–water partition coefficient (Wildman–Crippen LogP) is -0.340. The average Bonchev–Trinajstić information content (AvgIpc) is 2.13. The summed E-state index contributed by atoms with van der Waals surface area (Å²) in [6.45, 7) is 1.82. The highest BCUT2D eigenvalue weighted by Crippen LogP contribution is 2.00. The van der Waals surface area contributed by atoms with Crippen LogP contribution in [0.1, 0.15) is 13.3 Å². The Labute approximate surface area is 82.1 Å². The van der Waals surface area contributed by atoms with Crippen molar-refractivity contribution in [3.05, 3.63) is 21.9 Å². The van der Waals surface area contributed by atoms with E-state index in [1.54, 1.807) is 0 Å². The highest BCUT2D eigenvalue weighted by molar-refractivity contribution is 5.94. The van der Waals surface area contributed by atoms with Gasteiger partial charge in [-0.2, -0.15) is 0 Å². The molecule has 0 unspecified atom stereocenters. The molecule has 0 saturated heterocycles. The summed E-state index contributed by atoms with van der Waals surface area (Å²) in [5.74, 6) is -0.392. The van der Waals surface area contributed by atoms with Crippen LogP contribution in [0.5, 0.6) is 0 Å². The van der Waals surface area contributed by atoms with Crippen molar-refractivity contribution in [2.75, 3.05) is 13.1 Å². The van der Waals surface area contributed by atoms with E-state index in [0.717, 1.165) is 0 Å². The summed E-state index contributed by atoms with van der Waals surface area (Å²) in [5.41, 5.74) is 10.8. The minimum atomic E-state index is -0.544. The molecule has 0 heterocycles. The second kappa shape index (κ2) is 6.09. The van der Waals surface area contributed by atoms with Crippen molar-refractivity contribution in [3.8, 4) is 0 Å². The Morgan fingerprint density at radius 1 is 1.64 bits per heavy atom. The van der Waals surface area contributed by atoms with Gasteiger partial charge in [0.25, 0.3) is 0 Å². The lowest BCUT2D eigenvalue weighted by molar-refractivity contribution is -0.478. The van der Waals surface area contributed by atoms with Crippen LogP contribution >= 0.6 is 0 Å². The van der Waals surface area contributed by atoms with Gasteiger partial charge in [-0.25, -0.2) is 0 Å². The van der Waals surface area contributed by atoms with Crippen LogP contribution in [0.25, 0.3) is 0 Å². The van der Waals surface area contributed by atoms with E-state index in [0.29, 0.717) is 6.54 Å². The lowest BCUT2D eigenvalue weighted by atomic mass is 10.1. The molecule has 0 aromatic heterocycles. The number of carbonyl (C=O) groups is 1. The van der Waals surface area contributed by atoms with Gasteiger partial charge in [0.2, 0.25) is 6.54 Å². The van der Waals surface area contributed by atoms with Gasteiger partial charge in [0.1, 0.15) is 0 Å². The van der Waals surface area contributed by atoms with Gasteiger partial charge in [0, 0.05) is 4.92 Å². The topological polar surface area (TPSA) is 112 Å². The molecule has 80 valence electrons. The second-order valence-corrected chi connectivity index (χ2v) is 3.06. The average molecular weight is 201 g/mol. The molecule has 0 fully saturated rings. The molecular formula is C8H15N3O3. The molecule has 0 aromatic rings. The van der Waals surface area contributed by atoms with Crippen LogP contribution in [0.4, 0.5) is 0 Å². The van der Waals surface area contributed by atoms with Gasteiger partial charge in [-0.15, -0.1) is 0 Å². The summed E-state index contributed by atoms with van der Waals surface area (Å²) >= 11 is 0. The first kappa shape index (κ1) is 12.6. The van der Waals surface area contributed by atoms with Crippen molar-refractivity contribution in [2.45, 2.75) is 13.3 Å². The van der Waals surface area contributed by atoms with Gasteiger partial charge >= 0.3 is 0 Å². The molecule has 1 atom stereocenters. The monoisotopic (exact) mass is 201 g/mol. The third-order valence-electron chi connectivity index (χ3n) is 1.68. The maximum Gasteiger partial charge on any atom is 0.211 e. The van der Waals surface area contributed by atoms with Gasteiger partial charge in [0.15, 0.2) is 5.78 Å². The minimum Gasteiger partial charge on any atom is -0.396 e. The first-order chi connectivity index (χ1) is 6.47. The van der Waals surface area contributed by atoms with Crippen molar-refractivity contribution in [2.24, 2.45) is 17.4 Å². The van der Waals surface area contributed by atoms with Crippen LogP contribution in [-0.2, 0) is 4.79 Å². The first-order valence-electron chi connectivity index (χ1n) is 4.29. The third-order valence-corrected chi connectivity index (χ3v) is 1.68. The van der Waals surface area contributed by atoms with Crippen LogP contribution in [0.3, 0.4) is 0 Å². The van der Waals surface area contributed by atoms with E-state index < -0.39 is 10.7 Å². The summed E-state index contributed by atoms with van der Waals surface area (Å²) in [6.07, 6.45) is 1.37. The van der Waals surface area contributed by atoms with Crippen molar-refractivity contribution in [1.82, 2.24) is 0 Å². The molecule has 0 saturated carbocycles. The Kier molecular flexibility index (Phi) is 5.47. The molecule has 6 heteroatoms. The van der Waals surface area contributed by atoms with Gasteiger partial charge in [0.05, 0.1) is 12.1 Å². The van der Waals surface area contributed by atoms with E-state index in [4.69, 9.17) is 11.5 Å². The largest absolute Gasteiger partial charge is 0.396 e. The van der Waals surface area contributed by atoms with Crippen LogP contribution < -0.4 is 11.5 Å². The fourth-order valence-electron chi connectivity index (χ4n) is 0.805. The highest BCUT2D eigenvalue weighted by Gasteiger charge is 2.10. The Balaban J connectivity index is 4.11. The van der Waals surface area contributed by atoms with Gasteiger partial charge < -0.3 is 11.5 Å². The third kappa shape index (κ3) is 5.26. The van der Waals surface area contributed by atoms with Crippen molar-refractivity contribution in [1.29, 1.82) is 0 Å². The van der Waals surface area contributed by atoms with Gasteiger partial charge in [-0.05, 0) is 12.5 Å². The number of ketones is 1. The number of allylic oxidation sites excluding steroid dienone is 1. The molecule has 0 aliphatic rings. The molecule has 14 heavy (non-hydrogen) atoms. The number of carbonyl (C=O) groups excluding carboxylic acids is 1. The van der Waals surface area contributed by atoms with Crippen LogP contribution in [0.15, 0.2) is 11.8 Å². The molecule has 0 aliphatic carbocycles. The quantitative estimate of drug-likeness (QED) is 0.347. The molecule has 0 aromatic carbocycles. The van der Waals surface area contributed by atoms with E-state index >= 15 is 0 Å².